The predicted molar refractivity (Wildman–Crippen MR) is 97.0 cm³/mol. The summed E-state index contributed by atoms with van der Waals surface area (Å²) in [5.41, 5.74) is 1.49. The molecule has 130 valence electrons. The summed E-state index contributed by atoms with van der Waals surface area (Å²) in [4.78, 5) is 11.2. The van der Waals surface area contributed by atoms with E-state index in [2.05, 4.69) is 15.3 Å². The Bertz CT molecular complexity index is 1040. The van der Waals surface area contributed by atoms with E-state index in [1.54, 1.807) is 10.7 Å². The van der Waals surface area contributed by atoms with E-state index in [4.69, 9.17) is 4.42 Å². The Kier molecular flexibility index (Phi) is 4.13. The summed E-state index contributed by atoms with van der Waals surface area (Å²) in [6, 6.07) is 12.6. The van der Waals surface area contributed by atoms with Gasteiger partial charge in [0, 0.05) is 11.3 Å². The fourth-order valence-corrected chi connectivity index (χ4v) is 3.44. The van der Waals surface area contributed by atoms with Crippen LogP contribution in [-0.2, 0) is 6.42 Å². The lowest BCUT2D eigenvalue weighted by molar-refractivity contribution is -0.402. The molecular formula is C17H13N5O3S. The number of fused-ring (bicyclic) bond motifs is 1. The Morgan fingerprint density at radius 2 is 2.04 bits per heavy atom. The van der Waals surface area contributed by atoms with Crippen LogP contribution in [0.15, 0.2) is 62.0 Å². The summed E-state index contributed by atoms with van der Waals surface area (Å²) in [5, 5.41) is 24.5. The molecule has 2 aromatic heterocycles. The molecule has 0 saturated heterocycles. The van der Waals surface area contributed by atoms with E-state index in [1.807, 2.05) is 43.3 Å². The average Bonchev–Trinajstić information content (AvgIpc) is 3.28. The number of hydrogen-bond acceptors (Lipinski definition) is 7. The van der Waals surface area contributed by atoms with Gasteiger partial charge in [-0.1, -0.05) is 37.3 Å². The standard InChI is InChI=1S/C17H13N5O3S/c1-2-14-18-19-17-21(14)20-16(12-8-9-15(25-12)22(23)24)13(26-17)10-11-6-4-3-5-7-11/h3-10H,2H2,1H3/b13-10-. The summed E-state index contributed by atoms with van der Waals surface area (Å²) in [7, 11) is 0. The summed E-state index contributed by atoms with van der Waals surface area (Å²) >= 11 is 1.40. The highest BCUT2D eigenvalue weighted by Gasteiger charge is 2.27. The first-order valence-corrected chi connectivity index (χ1v) is 8.70. The van der Waals surface area contributed by atoms with E-state index < -0.39 is 4.92 Å². The number of furan rings is 1. The second kappa shape index (κ2) is 6.60. The molecule has 3 aromatic rings. The Labute approximate surface area is 152 Å². The van der Waals surface area contributed by atoms with E-state index >= 15 is 0 Å². The third-order valence-electron chi connectivity index (χ3n) is 3.73. The largest absolute Gasteiger partial charge is 0.433 e. The monoisotopic (exact) mass is 367 g/mol. The molecule has 0 aliphatic carbocycles. The maximum absolute atomic E-state index is 11.0. The lowest BCUT2D eigenvalue weighted by atomic mass is 10.1. The van der Waals surface area contributed by atoms with Crippen molar-refractivity contribution in [1.29, 1.82) is 0 Å². The summed E-state index contributed by atoms with van der Waals surface area (Å²) < 4.78 is 7.03. The molecule has 0 amide bonds. The molecule has 0 N–H and O–H groups in total. The lowest BCUT2D eigenvalue weighted by Crippen LogP contribution is -2.12. The Hall–Kier alpha value is -3.20. The molecule has 9 heteroatoms. The number of nitrogens with zero attached hydrogens (tertiary/aromatic N) is 5. The first kappa shape index (κ1) is 16.3. The van der Waals surface area contributed by atoms with Crippen LogP contribution in [0.5, 0.6) is 0 Å². The molecule has 0 unspecified atom stereocenters. The van der Waals surface area contributed by atoms with Crippen molar-refractivity contribution in [3.05, 3.63) is 74.6 Å². The molecule has 3 heterocycles. The van der Waals surface area contributed by atoms with Gasteiger partial charge in [-0.2, -0.15) is 9.78 Å². The molecular weight excluding hydrogens is 354 g/mol. The van der Waals surface area contributed by atoms with Crippen LogP contribution in [0.1, 0.15) is 24.1 Å². The van der Waals surface area contributed by atoms with Crippen LogP contribution in [0, 0.1) is 10.1 Å². The fourth-order valence-electron chi connectivity index (χ4n) is 2.50. The normalized spacial score (nSPS) is 15.0. The van der Waals surface area contributed by atoms with Gasteiger partial charge in [-0.05, 0) is 29.5 Å². The first-order chi connectivity index (χ1) is 12.7. The Balaban J connectivity index is 1.85. The van der Waals surface area contributed by atoms with Crippen molar-refractivity contribution in [2.24, 2.45) is 5.10 Å². The topological polar surface area (TPSA) is 99.3 Å². The highest BCUT2D eigenvalue weighted by atomic mass is 32.2. The smallest absolute Gasteiger partial charge is 0.399 e. The van der Waals surface area contributed by atoms with Crippen LogP contribution in [0.2, 0.25) is 0 Å². The van der Waals surface area contributed by atoms with Gasteiger partial charge >= 0.3 is 5.88 Å². The third kappa shape index (κ3) is 2.92. The zero-order valence-electron chi connectivity index (χ0n) is 13.7. The predicted octanol–water partition coefficient (Wildman–Crippen LogP) is 3.74. The number of allylic oxidation sites excluding steroid dienone is 1. The minimum absolute atomic E-state index is 0.322. The molecule has 0 saturated carbocycles. The van der Waals surface area contributed by atoms with Crippen LogP contribution in [-0.4, -0.2) is 25.5 Å². The van der Waals surface area contributed by atoms with E-state index in [9.17, 15) is 10.1 Å². The zero-order chi connectivity index (χ0) is 18.1. The van der Waals surface area contributed by atoms with E-state index in [1.165, 1.54) is 17.8 Å². The molecule has 26 heavy (non-hydrogen) atoms. The maximum Gasteiger partial charge on any atom is 0.433 e. The molecule has 0 bridgehead atoms. The second-order valence-corrected chi connectivity index (χ2v) is 6.44. The van der Waals surface area contributed by atoms with Crippen LogP contribution >= 0.6 is 11.8 Å². The number of thioether (sulfide) groups is 1. The van der Waals surface area contributed by atoms with Crippen molar-refractivity contribution in [1.82, 2.24) is 14.9 Å². The highest BCUT2D eigenvalue weighted by Crippen LogP contribution is 2.35. The van der Waals surface area contributed by atoms with Gasteiger partial charge in [0.25, 0.3) is 0 Å². The third-order valence-corrected chi connectivity index (χ3v) is 4.70. The summed E-state index contributed by atoms with van der Waals surface area (Å²) in [5.74, 6) is 0.717. The van der Waals surface area contributed by atoms with Crippen LogP contribution in [0.4, 0.5) is 5.88 Å². The van der Waals surface area contributed by atoms with Gasteiger partial charge in [0.2, 0.25) is 5.16 Å². The molecule has 0 radical (unpaired) electrons. The number of aromatic nitrogens is 3. The number of nitro groups is 1. The van der Waals surface area contributed by atoms with E-state index in [0.29, 0.717) is 28.9 Å². The lowest BCUT2D eigenvalue weighted by Gasteiger charge is -2.15. The zero-order valence-corrected chi connectivity index (χ0v) is 14.5. The Morgan fingerprint density at radius 3 is 2.73 bits per heavy atom. The van der Waals surface area contributed by atoms with Crippen molar-refractivity contribution < 1.29 is 9.34 Å². The SMILES string of the molecule is CCc1nnc2n1N=C(c1ccc([N+](=O)[O-])o1)/C(=C/c1ccccc1)S2. The number of hydrogen-bond donors (Lipinski definition) is 0. The quantitative estimate of drug-likeness (QED) is 0.514. The number of benzene rings is 1. The van der Waals surface area contributed by atoms with Gasteiger partial charge in [0.05, 0.1) is 6.07 Å². The van der Waals surface area contributed by atoms with Crippen LogP contribution in [0.3, 0.4) is 0 Å². The van der Waals surface area contributed by atoms with Gasteiger partial charge in [-0.3, -0.25) is 10.1 Å². The van der Waals surface area contributed by atoms with Crippen LogP contribution < -0.4 is 0 Å². The van der Waals surface area contributed by atoms with Gasteiger partial charge in [-0.25, -0.2) is 0 Å². The van der Waals surface area contributed by atoms with Gasteiger partial charge in [0.1, 0.15) is 10.6 Å². The van der Waals surface area contributed by atoms with Crippen molar-refractivity contribution in [3.63, 3.8) is 0 Å². The molecule has 1 aliphatic heterocycles. The number of aryl methyl sites for hydroxylation is 1. The second-order valence-electron chi connectivity index (χ2n) is 5.43. The molecule has 8 nitrogen and oxygen atoms in total. The van der Waals surface area contributed by atoms with E-state index in [0.717, 1.165) is 10.5 Å². The molecule has 4 rings (SSSR count). The highest BCUT2D eigenvalue weighted by molar-refractivity contribution is 8.04. The van der Waals surface area contributed by atoms with E-state index in [-0.39, 0.29) is 5.88 Å². The minimum Gasteiger partial charge on any atom is -0.399 e. The maximum atomic E-state index is 11.0. The van der Waals surface area contributed by atoms with Gasteiger partial charge in [-0.15, -0.1) is 10.2 Å². The van der Waals surface area contributed by atoms with Gasteiger partial charge in [0.15, 0.2) is 11.6 Å². The molecule has 0 fully saturated rings. The molecule has 0 atom stereocenters. The minimum atomic E-state index is -0.567. The molecule has 1 aliphatic rings. The summed E-state index contributed by atoms with van der Waals surface area (Å²) in [6.07, 6.45) is 2.61. The Morgan fingerprint density at radius 1 is 1.23 bits per heavy atom. The average molecular weight is 367 g/mol. The molecule has 1 aromatic carbocycles. The van der Waals surface area contributed by atoms with Crippen LogP contribution in [0.25, 0.3) is 6.08 Å². The van der Waals surface area contributed by atoms with Crippen molar-refractivity contribution in [2.45, 2.75) is 18.5 Å². The van der Waals surface area contributed by atoms with Crippen molar-refractivity contribution in [2.75, 3.05) is 0 Å². The summed E-state index contributed by atoms with van der Waals surface area (Å²) in [6.45, 7) is 1.96. The van der Waals surface area contributed by atoms with Crippen molar-refractivity contribution >= 4 is 29.4 Å². The molecule has 0 spiro atoms. The number of rotatable bonds is 4. The van der Waals surface area contributed by atoms with Crippen molar-refractivity contribution in [3.8, 4) is 0 Å². The fraction of sp³-hybridized carbons (Fsp3) is 0.118. The first-order valence-electron chi connectivity index (χ1n) is 7.88. The van der Waals surface area contributed by atoms with Gasteiger partial charge < -0.3 is 4.42 Å².